The Kier molecular flexibility index (Phi) is 5.51. The summed E-state index contributed by atoms with van der Waals surface area (Å²) in [5, 5.41) is 11.6. The third-order valence-corrected chi connectivity index (χ3v) is 4.11. The van der Waals surface area contributed by atoms with Crippen LogP contribution in [-0.4, -0.2) is 39.0 Å². The fraction of sp³-hybridized carbons (Fsp3) is 0.105. The number of carboxylic acids is 1. The van der Waals surface area contributed by atoms with E-state index in [9.17, 15) is 14.4 Å². The van der Waals surface area contributed by atoms with Gasteiger partial charge in [0, 0.05) is 0 Å². The summed E-state index contributed by atoms with van der Waals surface area (Å²) in [7, 11) is 0. The molecule has 0 saturated carbocycles. The third kappa shape index (κ3) is 4.24. The number of esters is 1. The molecule has 9 heteroatoms. The SMILES string of the molecule is CC(OC(=O)c1cnc2ccccc2n1)C(=O)Nc1cc(C(=O)O)ccc1Cl. The van der Waals surface area contributed by atoms with E-state index in [1.165, 1.54) is 31.3 Å². The fourth-order valence-corrected chi connectivity index (χ4v) is 2.48. The highest BCUT2D eigenvalue weighted by Gasteiger charge is 2.21. The molecule has 0 spiro atoms. The Labute approximate surface area is 164 Å². The van der Waals surface area contributed by atoms with Crippen molar-refractivity contribution >= 4 is 46.2 Å². The van der Waals surface area contributed by atoms with Crippen LogP contribution in [0.25, 0.3) is 11.0 Å². The van der Waals surface area contributed by atoms with Gasteiger partial charge < -0.3 is 15.2 Å². The molecule has 2 N–H and O–H groups in total. The van der Waals surface area contributed by atoms with Crippen LogP contribution in [0.4, 0.5) is 5.69 Å². The molecule has 1 heterocycles. The number of nitrogens with one attached hydrogen (secondary N) is 1. The first-order chi connectivity index (χ1) is 13.3. The minimum atomic E-state index is -1.18. The molecule has 1 unspecified atom stereocenters. The lowest BCUT2D eigenvalue weighted by Gasteiger charge is -2.14. The van der Waals surface area contributed by atoms with Gasteiger partial charge in [-0.2, -0.15) is 0 Å². The lowest BCUT2D eigenvalue weighted by atomic mass is 10.2. The number of benzene rings is 2. The van der Waals surface area contributed by atoms with Crippen LogP contribution in [-0.2, 0) is 9.53 Å². The van der Waals surface area contributed by atoms with E-state index in [0.29, 0.717) is 11.0 Å². The van der Waals surface area contributed by atoms with Crippen molar-refractivity contribution in [1.82, 2.24) is 9.97 Å². The van der Waals surface area contributed by atoms with Gasteiger partial charge in [-0.25, -0.2) is 14.6 Å². The lowest BCUT2D eigenvalue weighted by Crippen LogP contribution is -2.30. The first-order valence-corrected chi connectivity index (χ1v) is 8.49. The van der Waals surface area contributed by atoms with Gasteiger partial charge >= 0.3 is 11.9 Å². The number of hydrogen-bond acceptors (Lipinski definition) is 6. The van der Waals surface area contributed by atoms with Gasteiger partial charge in [0.2, 0.25) is 0 Å². The van der Waals surface area contributed by atoms with Crippen LogP contribution < -0.4 is 5.32 Å². The maximum Gasteiger partial charge on any atom is 0.359 e. The molecule has 8 nitrogen and oxygen atoms in total. The maximum absolute atomic E-state index is 12.3. The van der Waals surface area contributed by atoms with Crippen LogP contribution in [0.5, 0.6) is 0 Å². The zero-order chi connectivity index (χ0) is 20.3. The van der Waals surface area contributed by atoms with Crippen LogP contribution in [0.1, 0.15) is 27.8 Å². The molecule has 2 aromatic carbocycles. The summed E-state index contributed by atoms with van der Waals surface area (Å²) in [6.45, 7) is 1.37. The smallest absolute Gasteiger partial charge is 0.359 e. The molecule has 142 valence electrons. The van der Waals surface area contributed by atoms with Crippen molar-refractivity contribution in [2.75, 3.05) is 5.32 Å². The molecule has 0 fully saturated rings. The highest BCUT2D eigenvalue weighted by molar-refractivity contribution is 6.34. The number of para-hydroxylation sites is 2. The average Bonchev–Trinajstić information content (AvgIpc) is 2.68. The van der Waals surface area contributed by atoms with E-state index in [0.717, 1.165) is 0 Å². The summed E-state index contributed by atoms with van der Waals surface area (Å²) in [6.07, 6.45) is 0.0907. The second kappa shape index (κ2) is 8.01. The molecule has 0 radical (unpaired) electrons. The minimum absolute atomic E-state index is 0.0377. The van der Waals surface area contributed by atoms with E-state index in [4.69, 9.17) is 21.4 Å². The number of ether oxygens (including phenoxy) is 1. The Morgan fingerprint density at radius 2 is 1.86 bits per heavy atom. The molecule has 1 amide bonds. The number of carboxylic acid groups (broad SMARTS) is 1. The fourth-order valence-electron chi connectivity index (χ4n) is 2.32. The molecule has 3 aromatic rings. The Morgan fingerprint density at radius 1 is 1.14 bits per heavy atom. The molecular weight excluding hydrogens is 386 g/mol. The molecule has 0 aliphatic rings. The second-order valence-electron chi connectivity index (χ2n) is 5.78. The van der Waals surface area contributed by atoms with E-state index in [2.05, 4.69) is 15.3 Å². The lowest BCUT2D eigenvalue weighted by molar-refractivity contribution is -0.123. The number of aromatic carboxylic acids is 1. The molecule has 0 bridgehead atoms. The van der Waals surface area contributed by atoms with Crippen LogP contribution >= 0.6 is 11.6 Å². The molecule has 0 aliphatic carbocycles. The quantitative estimate of drug-likeness (QED) is 0.632. The summed E-state index contributed by atoms with van der Waals surface area (Å²) in [5.41, 5.74) is 1.16. The number of nitrogens with zero attached hydrogens (tertiary/aromatic N) is 2. The van der Waals surface area contributed by atoms with Crippen LogP contribution in [0.3, 0.4) is 0 Å². The summed E-state index contributed by atoms with van der Waals surface area (Å²) in [6, 6.07) is 10.9. The average molecular weight is 400 g/mol. The van der Waals surface area contributed by atoms with Crippen molar-refractivity contribution in [3.63, 3.8) is 0 Å². The van der Waals surface area contributed by atoms with Crippen molar-refractivity contribution < 1.29 is 24.2 Å². The van der Waals surface area contributed by atoms with Crippen LogP contribution in [0.15, 0.2) is 48.7 Å². The van der Waals surface area contributed by atoms with Gasteiger partial charge in [-0.1, -0.05) is 23.7 Å². The number of amides is 1. The van der Waals surface area contributed by atoms with Gasteiger partial charge in [0.15, 0.2) is 11.8 Å². The number of carbonyl (C=O) groups excluding carboxylic acids is 2. The van der Waals surface area contributed by atoms with Crippen LogP contribution in [0, 0.1) is 0 Å². The topological polar surface area (TPSA) is 118 Å². The summed E-state index contributed by atoms with van der Waals surface area (Å²) >= 11 is 5.97. The molecule has 28 heavy (non-hydrogen) atoms. The number of halogens is 1. The number of rotatable bonds is 5. The van der Waals surface area contributed by atoms with Crippen molar-refractivity contribution in [1.29, 1.82) is 0 Å². The normalized spacial score (nSPS) is 11.6. The van der Waals surface area contributed by atoms with E-state index in [1.54, 1.807) is 24.3 Å². The zero-order valence-corrected chi connectivity index (χ0v) is 15.3. The standard InChI is InChI=1S/C19H14ClN3O5/c1-10(17(24)23-15-8-11(18(25)26)6-7-12(15)20)28-19(27)16-9-21-13-4-2-3-5-14(13)22-16/h2-10H,1H3,(H,23,24)(H,25,26). The Hall–Kier alpha value is -3.52. The monoisotopic (exact) mass is 399 g/mol. The third-order valence-electron chi connectivity index (χ3n) is 3.78. The highest BCUT2D eigenvalue weighted by atomic mass is 35.5. The van der Waals surface area contributed by atoms with E-state index in [1.807, 2.05) is 0 Å². The predicted molar refractivity (Wildman–Crippen MR) is 101 cm³/mol. The van der Waals surface area contributed by atoms with Crippen molar-refractivity contribution in [3.8, 4) is 0 Å². The largest absolute Gasteiger partial charge is 0.478 e. The minimum Gasteiger partial charge on any atom is -0.478 e. The summed E-state index contributed by atoms with van der Waals surface area (Å²) in [4.78, 5) is 43.9. The Bertz CT molecular complexity index is 1090. The first-order valence-electron chi connectivity index (χ1n) is 8.11. The van der Waals surface area contributed by atoms with E-state index < -0.39 is 23.9 Å². The number of anilines is 1. The molecule has 1 atom stereocenters. The molecular formula is C19H14ClN3O5. The van der Waals surface area contributed by atoms with Gasteiger partial charge in [-0.15, -0.1) is 0 Å². The first kappa shape index (κ1) is 19.2. The van der Waals surface area contributed by atoms with Gasteiger partial charge in [0.05, 0.1) is 33.5 Å². The van der Waals surface area contributed by atoms with Crippen molar-refractivity contribution in [3.05, 3.63) is 64.9 Å². The number of fused-ring (bicyclic) bond motifs is 1. The van der Waals surface area contributed by atoms with Crippen molar-refractivity contribution in [2.45, 2.75) is 13.0 Å². The number of aromatic nitrogens is 2. The molecule has 1 aromatic heterocycles. The highest BCUT2D eigenvalue weighted by Crippen LogP contribution is 2.23. The maximum atomic E-state index is 12.3. The zero-order valence-electron chi connectivity index (χ0n) is 14.5. The Balaban J connectivity index is 1.70. The van der Waals surface area contributed by atoms with Crippen molar-refractivity contribution in [2.24, 2.45) is 0 Å². The second-order valence-corrected chi connectivity index (χ2v) is 6.19. The van der Waals surface area contributed by atoms with Gasteiger partial charge in [-0.3, -0.25) is 9.78 Å². The van der Waals surface area contributed by atoms with Gasteiger partial charge in [-0.05, 0) is 37.3 Å². The Morgan fingerprint density at radius 3 is 2.57 bits per heavy atom. The summed E-state index contributed by atoms with van der Waals surface area (Å²) in [5.74, 6) is -2.65. The number of carbonyl (C=O) groups is 3. The summed E-state index contributed by atoms with van der Waals surface area (Å²) < 4.78 is 5.12. The van der Waals surface area contributed by atoms with Gasteiger partial charge in [0.1, 0.15) is 0 Å². The van der Waals surface area contributed by atoms with E-state index >= 15 is 0 Å². The molecule has 0 aliphatic heterocycles. The van der Waals surface area contributed by atoms with Crippen LogP contribution in [0.2, 0.25) is 5.02 Å². The predicted octanol–water partition coefficient (Wildman–Crippen LogP) is 3.17. The van der Waals surface area contributed by atoms with E-state index in [-0.39, 0.29) is 22.0 Å². The number of hydrogen-bond donors (Lipinski definition) is 2. The van der Waals surface area contributed by atoms with Gasteiger partial charge in [0.25, 0.3) is 5.91 Å². The molecule has 0 saturated heterocycles. The molecule has 3 rings (SSSR count).